The average Bonchev–Trinajstić information content (AvgIpc) is 2.45. The first kappa shape index (κ1) is 12.8. The van der Waals surface area contributed by atoms with Crippen LogP contribution >= 0.6 is 0 Å². The van der Waals surface area contributed by atoms with Crippen LogP contribution in [0.1, 0.15) is 18.2 Å². The first-order chi connectivity index (χ1) is 9.24. The molecule has 2 aromatic rings. The van der Waals surface area contributed by atoms with E-state index in [1.807, 2.05) is 36.1 Å². The highest BCUT2D eigenvalue weighted by molar-refractivity contribution is 5.50. The zero-order valence-electron chi connectivity index (χ0n) is 10.7. The van der Waals surface area contributed by atoms with Gasteiger partial charge in [-0.1, -0.05) is 12.1 Å². The Morgan fingerprint density at radius 2 is 2.11 bits per heavy atom. The molecule has 2 N–H and O–H groups in total. The van der Waals surface area contributed by atoms with Gasteiger partial charge in [0.15, 0.2) is 11.5 Å². The van der Waals surface area contributed by atoms with Gasteiger partial charge in [-0.2, -0.15) is 5.26 Å². The second kappa shape index (κ2) is 5.83. The van der Waals surface area contributed by atoms with E-state index in [1.165, 1.54) is 6.20 Å². The van der Waals surface area contributed by atoms with Gasteiger partial charge in [0, 0.05) is 31.2 Å². The highest BCUT2D eigenvalue weighted by Gasteiger charge is 2.12. The summed E-state index contributed by atoms with van der Waals surface area (Å²) in [5, 5.41) is 9.07. The van der Waals surface area contributed by atoms with Crippen molar-refractivity contribution in [2.45, 2.75) is 13.5 Å². The number of hydrogen-bond acceptors (Lipinski definition) is 5. The lowest BCUT2D eigenvalue weighted by Gasteiger charge is -2.22. The molecular weight excluding hydrogens is 238 g/mol. The van der Waals surface area contributed by atoms with Crippen LogP contribution in [0.5, 0.6) is 0 Å². The summed E-state index contributed by atoms with van der Waals surface area (Å²) in [7, 11) is 0. The van der Waals surface area contributed by atoms with Gasteiger partial charge in [-0.05, 0) is 24.6 Å². The van der Waals surface area contributed by atoms with E-state index in [9.17, 15) is 0 Å². The largest absolute Gasteiger partial charge is 0.399 e. The lowest BCUT2D eigenvalue weighted by atomic mass is 10.2. The maximum absolute atomic E-state index is 9.07. The van der Waals surface area contributed by atoms with Gasteiger partial charge in [0.05, 0.1) is 0 Å². The molecule has 0 aliphatic heterocycles. The number of anilines is 2. The summed E-state index contributed by atoms with van der Waals surface area (Å²) in [6.45, 7) is 3.40. The Balaban J connectivity index is 2.28. The van der Waals surface area contributed by atoms with Crippen LogP contribution in [-0.4, -0.2) is 16.5 Å². The Morgan fingerprint density at radius 3 is 2.79 bits per heavy atom. The van der Waals surface area contributed by atoms with Gasteiger partial charge in [0.25, 0.3) is 0 Å². The van der Waals surface area contributed by atoms with Crippen molar-refractivity contribution in [1.82, 2.24) is 9.97 Å². The number of nitrogens with two attached hydrogens (primary N) is 1. The predicted octanol–water partition coefficient (Wildman–Crippen LogP) is 1.96. The normalized spacial score (nSPS) is 9.89. The number of benzene rings is 1. The summed E-state index contributed by atoms with van der Waals surface area (Å²) in [5.74, 6) is 0.606. The van der Waals surface area contributed by atoms with E-state index in [-0.39, 0.29) is 0 Å². The number of rotatable bonds is 4. The third-order valence-corrected chi connectivity index (χ3v) is 2.79. The number of nitrogens with zero attached hydrogens (tertiary/aromatic N) is 4. The first-order valence-corrected chi connectivity index (χ1v) is 6.05. The minimum Gasteiger partial charge on any atom is -0.399 e. The molecule has 0 radical (unpaired) electrons. The zero-order chi connectivity index (χ0) is 13.7. The smallest absolute Gasteiger partial charge is 0.183 e. The Kier molecular flexibility index (Phi) is 3.94. The maximum Gasteiger partial charge on any atom is 0.183 e. The second-order valence-corrected chi connectivity index (χ2v) is 4.10. The molecule has 0 atom stereocenters. The molecule has 0 saturated carbocycles. The molecule has 0 aliphatic carbocycles. The molecule has 2 rings (SSSR count). The van der Waals surface area contributed by atoms with Gasteiger partial charge in [0.1, 0.15) is 6.07 Å². The van der Waals surface area contributed by atoms with Crippen LogP contribution in [0.25, 0.3) is 0 Å². The number of nitriles is 1. The van der Waals surface area contributed by atoms with Crippen molar-refractivity contribution in [2.24, 2.45) is 0 Å². The summed E-state index contributed by atoms with van der Waals surface area (Å²) in [6, 6.07) is 9.76. The molecular formula is C14H15N5. The SMILES string of the molecule is CCN(Cc1cccc(N)c1)c1nccnc1C#N. The van der Waals surface area contributed by atoms with E-state index < -0.39 is 0 Å². The van der Waals surface area contributed by atoms with Crippen LogP contribution in [0, 0.1) is 11.3 Å². The number of hydrogen-bond donors (Lipinski definition) is 1. The maximum atomic E-state index is 9.07. The van der Waals surface area contributed by atoms with Crippen LogP contribution in [-0.2, 0) is 6.54 Å². The van der Waals surface area contributed by atoms with E-state index in [0.29, 0.717) is 18.1 Å². The van der Waals surface area contributed by atoms with Crippen molar-refractivity contribution < 1.29 is 0 Å². The summed E-state index contributed by atoms with van der Waals surface area (Å²) < 4.78 is 0. The lowest BCUT2D eigenvalue weighted by Crippen LogP contribution is -2.24. The van der Waals surface area contributed by atoms with Crippen molar-refractivity contribution >= 4 is 11.5 Å². The average molecular weight is 253 g/mol. The fourth-order valence-electron chi connectivity index (χ4n) is 1.89. The molecule has 0 aliphatic rings. The summed E-state index contributed by atoms with van der Waals surface area (Å²) >= 11 is 0. The standard InChI is InChI=1S/C14H15N5/c1-2-19(10-11-4-3-5-12(16)8-11)14-13(9-15)17-6-7-18-14/h3-8H,2,10,16H2,1H3. The van der Waals surface area contributed by atoms with Crippen molar-refractivity contribution in [3.63, 3.8) is 0 Å². The first-order valence-electron chi connectivity index (χ1n) is 6.05. The monoisotopic (exact) mass is 253 g/mol. The topological polar surface area (TPSA) is 78.8 Å². The van der Waals surface area contributed by atoms with Crippen molar-refractivity contribution in [3.8, 4) is 6.07 Å². The van der Waals surface area contributed by atoms with E-state index >= 15 is 0 Å². The third-order valence-electron chi connectivity index (χ3n) is 2.79. The minimum absolute atomic E-state index is 0.341. The molecule has 0 spiro atoms. The summed E-state index contributed by atoms with van der Waals surface area (Å²) in [4.78, 5) is 10.3. The molecule has 5 heteroatoms. The van der Waals surface area contributed by atoms with Crippen LogP contribution in [0.3, 0.4) is 0 Å². The molecule has 1 aromatic heterocycles. The molecule has 5 nitrogen and oxygen atoms in total. The van der Waals surface area contributed by atoms with Crippen molar-refractivity contribution in [1.29, 1.82) is 5.26 Å². The summed E-state index contributed by atoms with van der Waals surface area (Å²) in [5.41, 5.74) is 7.92. The molecule has 0 saturated heterocycles. The fourth-order valence-corrected chi connectivity index (χ4v) is 1.89. The predicted molar refractivity (Wildman–Crippen MR) is 74.3 cm³/mol. The highest BCUT2D eigenvalue weighted by atomic mass is 15.2. The van der Waals surface area contributed by atoms with Gasteiger partial charge in [-0.15, -0.1) is 0 Å². The Bertz CT molecular complexity index is 603. The number of nitrogen functional groups attached to an aromatic ring is 1. The van der Waals surface area contributed by atoms with Crippen molar-refractivity contribution in [2.75, 3.05) is 17.2 Å². The Hall–Kier alpha value is -2.61. The van der Waals surface area contributed by atoms with Gasteiger partial charge in [-0.3, -0.25) is 0 Å². The van der Waals surface area contributed by atoms with Crippen LogP contribution in [0.4, 0.5) is 11.5 Å². The molecule has 1 aromatic carbocycles. The van der Waals surface area contributed by atoms with E-state index in [0.717, 1.165) is 17.8 Å². The van der Waals surface area contributed by atoms with Crippen LogP contribution in [0.2, 0.25) is 0 Å². The van der Waals surface area contributed by atoms with E-state index in [1.54, 1.807) is 6.20 Å². The third kappa shape index (κ3) is 2.99. The zero-order valence-corrected chi connectivity index (χ0v) is 10.7. The molecule has 0 fully saturated rings. The molecule has 19 heavy (non-hydrogen) atoms. The number of aromatic nitrogens is 2. The fraction of sp³-hybridized carbons (Fsp3) is 0.214. The van der Waals surface area contributed by atoms with Crippen molar-refractivity contribution in [3.05, 3.63) is 47.9 Å². The quantitative estimate of drug-likeness (QED) is 0.842. The minimum atomic E-state index is 0.341. The second-order valence-electron chi connectivity index (χ2n) is 4.10. The Morgan fingerprint density at radius 1 is 1.32 bits per heavy atom. The van der Waals surface area contributed by atoms with Crippen LogP contribution < -0.4 is 10.6 Å². The summed E-state index contributed by atoms with van der Waals surface area (Å²) in [6.07, 6.45) is 3.12. The van der Waals surface area contributed by atoms with Crippen LogP contribution in [0.15, 0.2) is 36.7 Å². The van der Waals surface area contributed by atoms with Gasteiger partial charge in [0.2, 0.25) is 0 Å². The van der Waals surface area contributed by atoms with Gasteiger partial charge >= 0.3 is 0 Å². The highest BCUT2D eigenvalue weighted by Crippen LogP contribution is 2.17. The molecule has 0 amide bonds. The lowest BCUT2D eigenvalue weighted by molar-refractivity contribution is 0.806. The molecule has 96 valence electrons. The van der Waals surface area contributed by atoms with E-state index in [2.05, 4.69) is 16.0 Å². The van der Waals surface area contributed by atoms with E-state index in [4.69, 9.17) is 11.0 Å². The molecule has 0 unspecified atom stereocenters. The molecule has 0 bridgehead atoms. The van der Waals surface area contributed by atoms with Gasteiger partial charge < -0.3 is 10.6 Å². The molecule has 1 heterocycles. The Labute approximate surface area is 112 Å². The van der Waals surface area contributed by atoms with Gasteiger partial charge in [-0.25, -0.2) is 9.97 Å².